The number of carbonyl (C=O) groups is 1. The first-order valence-electron chi connectivity index (χ1n) is 13.6. The Kier molecular flexibility index (Phi) is 19.9. The van der Waals surface area contributed by atoms with Crippen molar-refractivity contribution in [3.05, 3.63) is 12.2 Å². The zero-order chi connectivity index (χ0) is 26.6. The van der Waals surface area contributed by atoms with Crippen LogP contribution in [0.15, 0.2) is 12.2 Å². The number of quaternary nitrogens is 1. The van der Waals surface area contributed by atoms with Gasteiger partial charge in [-0.1, -0.05) is 70.9 Å². The molecular formula is C26H54N2O6P+. The monoisotopic (exact) mass is 521 g/mol. The summed E-state index contributed by atoms with van der Waals surface area (Å²) in [6.07, 6.45) is 16.0. The number of rotatable bonds is 23. The first-order chi connectivity index (χ1) is 16.5. The van der Waals surface area contributed by atoms with E-state index in [1.54, 1.807) is 0 Å². The Balaban J connectivity index is 4.47. The van der Waals surface area contributed by atoms with Crippen LogP contribution in [-0.2, 0) is 18.4 Å². The number of hydrogen-bond donors (Lipinski definition) is 3. The molecule has 0 heterocycles. The Bertz CT molecular complexity index is 609. The Morgan fingerprint density at radius 2 is 1.60 bits per heavy atom. The van der Waals surface area contributed by atoms with Crippen LogP contribution in [0.25, 0.3) is 0 Å². The number of carbonyl (C=O) groups excluding carboxylic acids is 1. The van der Waals surface area contributed by atoms with Crippen LogP contribution in [0.5, 0.6) is 0 Å². The van der Waals surface area contributed by atoms with Gasteiger partial charge in [0.15, 0.2) is 0 Å². The van der Waals surface area contributed by atoms with Crippen LogP contribution in [-0.4, -0.2) is 73.4 Å². The highest BCUT2D eigenvalue weighted by Crippen LogP contribution is 2.43. The molecule has 35 heavy (non-hydrogen) atoms. The minimum absolute atomic E-state index is 0.0718. The minimum Gasteiger partial charge on any atom is -0.391 e. The molecule has 1 amide bonds. The van der Waals surface area contributed by atoms with Crippen molar-refractivity contribution in [2.24, 2.45) is 0 Å². The number of unbranched alkanes of at least 4 members (excludes halogenated alkanes) is 8. The van der Waals surface area contributed by atoms with E-state index in [9.17, 15) is 19.4 Å². The number of amides is 1. The van der Waals surface area contributed by atoms with E-state index >= 15 is 0 Å². The molecule has 0 aromatic heterocycles. The fourth-order valence-electron chi connectivity index (χ4n) is 3.45. The van der Waals surface area contributed by atoms with E-state index < -0.39 is 20.0 Å². The summed E-state index contributed by atoms with van der Waals surface area (Å²) < 4.78 is 23.0. The van der Waals surface area contributed by atoms with Gasteiger partial charge in [-0.25, -0.2) is 4.57 Å². The SMILES string of the molecule is CCC/C=C\CCCCCCCC(=O)NC(COP(=O)(O)OCC[N+](C)(C)C)C(O)CCCCC. The van der Waals surface area contributed by atoms with Crippen molar-refractivity contribution in [2.75, 3.05) is 40.9 Å². The quantitative estimate of drug-likeness (QED) is 0.0726. The molecule has 0 radical (unpaired) electrons. The van der Waals surface area contributed by atoms with E-state index in [4.69, 9.17) is 9.05 Å². The van der Waals surface area contributed by atoms with Gasteiger partial charge in [-0.3, -0.25) is 13.8 Å². The van der Waals surface area contributed by atoms with Crippen LogP contribution >= 0.6 is 7.82 Å². The largest absolute Gasteiger partial charge is 0.472 e. The molecular weight excluding hydrogens is 467 g/mol. The maximum Gasteiger partial charge on any atom is 0.472 e. The van der Waals surface area contributed by atoms with Gasteiger partial charge in [0.2, 0.25) is 5.91 Å². The molecule has 9 heteroatoms. The predicted octanol–water partition coefficient (Wildman–Crippen LogP) is 5.34. The lowest BCUT2D eigenvalue weighted by Gasteiger charge is -2.26. The van der Waals surface area contributed by atoms with Crippen LogP contribution in [0, 0.1) is 0 Å². The Morgan fingerprint density at radius 1 is 0.943 bits per heavy atom. The molecule has 3 atom stereocenters. The summed E-state index contributed by atoms with van der Waals surface area (Å²) in [7, 11) is 1.59. The molecule has 0 aliphatic carbocycles. The van der Waals surface area contributed by atoms with E-state index in [2.05, 4.69) is 31.3 Å². The number of hydrogen-bond acceptors (Lipinski definition) is 5. The van der Waals surface area contributed by atoms with E-state index in [1.165, 1.54) is 12.8 Å². The van der Waals surface area contributed by atoms with E-state index in [0.717, 1.165) is 57.8 Å². The van der Waals surface area contributed by atoms with Gasteiger partial charge in [0, 0.05) is 6.42 Å². The van der Waals surface area contributed by atoms with Crippen molar-refractivity contribution in [3.63, 3.8) is 0 Å². The van der Waals surface area contributed by atoms with E-state index in [-0.39, 0.29) is 19.1 Å². The zero-order valence-corrected chi connectivity index (χ0v) is 23.9. The third kappa shape index (κ3) is 22.2. The Hall–Kier alpha value is -0.760. The highest BCUT2D eigenvalue weighted by Gasteiger charge is 2.28. The topological polar surface area (TPSA) is 105 Å². The Labute approximate surface area is 214 Å². The summed E-state index contributed by atoms with van der Waals surface area (Å²) in [4.78, 5) is 22.5. The van der Waals surface area contributed by atoms with E-state index in [1.807, 2.05) is 21.1 Å². The maximum atomic E-state index is 12.5. The van der Waals surface area contributed by atoms with Crippen molar-refractivity contribution in [1.82, 2.24) is 5.32 Å². The number of likely N-dealkylation sites (N-methyl/N-ethyl adjacent to an activating group) is 1. The van der Waals surface area contributed by atoms with Gasteiger partial charge in [0.25, 0.3) is 0 Å². The molecule has 8 nitrogen and oxygen atoms in total. The number of aliphatic hydroxyl groups excluding tert-OH is 1. The number of allylic oxidation sites excluding steroid dienone is 2. The van der Waals surface area contributed by atoms with E-state index in [0.29, 0.717) is 23.9 Å². The molecule has 0 fully saturated rings. The van der Waals surface area contributed by atoms with Crippen LogP contribution in [0.3, 0.4) is 0 Å². The molecule has 0 spiro atoms. The second-order valence-electron chi connectivity index (χ2n) is 10.4. The lowest BCUT2D eigenvalue weighted by molar-refractivity contribution is -0.870. The summed E-state index contributed by atoms with van der Waals surface area (Å²) in [5, 5.41) is 13.4. The van der Waals surface area contributed by atoms with Crippen LogP contribution in [0.4, 0.5) is 0 Å². The normalized spacial score (nSPS) is 15.7. The summed E-state index contributed by atoms with van der Waals surface area (Å²) in [5.74, 6) is -0.172. The van der Waals surface area contributed by atoms with Crippen molar-refractivity contribution in [2.45, 2.75) is 109 Å². The average Bonchev–Trinajstić information content (AvgIpc) is 2.77. The van der Waals surface area contributed by atoms with Gasteiger partial charge in [-0.05, 0) is 32.1 Å². The maximum absolute atomic E-state index is 12.5. The van der Waals surface area contributed by atoms with Crippen LogP contribution in [0.1, 0.15) is 97.3 Å². The minimum atomic E-state index is -4.27. The highest BCUT2D eigenvalue weighted by atomic mass is 31.2. The molecule has 0 saturated heterocycles. The van der Waals surface area contributed by atoms with Gasteiger partial charge in [-0.15, -0.1) is 0 Å². The summed E-state index contributed by atoms with van der Waals surface area (Å²) in [6.45, 7) is 4.60. The van der Waals surface area contributed by atoms with Gasteiger partial charge >= 0.3 is 7.82 Å². The third-order valence-electron chi connectivity index (χ3n) is 5.74. The van der Waals surface area contributed by atoms with Crippen molar-refractivity contribution >= 4 is 13.7 Å². The first-order valence-corrected chi connectivity index (χ1v) is 15.0. The molecule has 3 unspecified atom stereocenters. The third-order valence-corrected chi connectivity index (χ3v) is 6.73. The van der Waals surface area contributed by atoms with Crippen LogP contribution in [0.2, 0.25) is 0 Å². The lowest BCUT2D eigenvalue weighted by atomic mass is 10.0. The lowest BCUT2D eigenvalue weighted by Crippen LogP contribution is -2.46. The smallest absolute Gasteiger partial charge is 0.391 e. The molecule has 3 N–H and O–H groups in total. The Morgan fingerprint density at radius 3 is 2.26 bits per heavy atom. The molecule has 0 aliphatic rings. The van der Waals surface area contributed by atoms with Crippen molar-refractivity contribution in [1.29, 1.82) is 0 Å². The molecule has 0 aromatic carbocycles. The second-order valence-corrected chi connectivity index (χ2v) is 11.9. The zero-order valence-electron chi connectivity index (χ0n) is 23.0. The number of phosphoric acid groups is 1. The van der Waals surface area contributed by atoms with Crippen molar-refractivity contribution in [3.8, 4) is 0 Å². The number of nitrogens with zero attached hydrogens (tertiary/aromatic N) is 1. The number of phosphoric ester groups is 1. The fraction of sp³-hybridized carbons (Fsp3) is 0.885. The predicted molar refractivity (Wildman–Crippen MR) is 143 cm³/mol. The molecule has 0 bridgehead atoms. The van der Waals surface area contributed by atoms with Gasteiger partial charge in [0.1, 0.15) is 13.2 Å². The molecule has 208 valence electrons. The van der Waals surface area contributed by atoms with Gasteiger partial charge in [-0.2, -0.15) is 0 Å². The van der Waals surface area contributed by atoms with Gasteiger partial charge in [0.05, 0.1) is 39.9 Å². The van der Waals surface area contributed by atoms with Gasteiger partial charge < -0.3 is 19.8 Å². The summed E-state index contributed by atoms with van der Waals surface area (Å²) >= 11 is 0. The molecule has 0 rings (SSSR count). The second kappa shape index (κ2) is 20.3. The summed E-state index contributed by atoms with van der Waals surface area (Å²) in [6, 6.07) is -0.753. The number of aliphatic hydroxyl groups is 1. The molecule has 0 aliphatic heterocycles. The molecule has 0 aromatic rings. The van der Waals surface area contributed by atoms with Crippen LogP contribution < -0.4 is 5.32 Å². The standard InChI is InChI=1S/C26H53N2O6P/c1-6-8-10-11-12-13-14-15-16-18-20-26(30)27-24(25(29)19-17-9-7-2)23-34-35(31,32)33-22-21-28(3,4)5/h10-11,24-25,29H,6-9,12-23H2,1-5H3,(H-,27,30,31,32)/p+1/b11-10-. The fourth-order valence-corrected chi connectivity index (χ4v) is 4.19. The number of nitrogens with one attached hydrogen (secondary N) is 1. The first kappa shape index (κ1) is 34.2. The highest BCUT2D eigenvalue weighted by molar-refractivity contribution is 7.47. The van der Waals surface area contributed by atoms with Crippen molar-refractivity contribution < 1.29 is 32.9 Å². The molecule has 0 saturated carbocycles. The summed E-state index contributed by atoms with van der Waals surface area (Å²) in [5.41, 5.74) is 0. The average molecular weight is 522 g/mol.